The van der Waals surface area contributed by atoms with Crippen LogP contribution >= 0.6 is 0 Å². The molecule has 1 rings (SSSR count). The molecule has 0 saturated carbocycles. The molecule has 0 aliphatic heterocycles. The van der Waals surface area contributed by atoms with Crippen molar-refractivity contribution in [2.75, 3.05) is 4.90 Å². The van der Waals surface area contributed by atoms with Gasteiger partial charge in [0.25, 0.3) is 0 Å². The molecule has 1 amide bonds. The van der Waals surface area contributed by atoms with E-state index in [9.17, 15) is 10.1 Å². The van der Waals surface area contributed by atoms with Crippen molar-refractivity contribution in [3.05, 3.63) is 29.8 Å². The molecule has 0 saturated heterocycles. The van der Waals surface area contributed by atoms with E-state index in [1.807, 2.05) is 23.1 Å². The van der Waals surface area contributed by atoms with Gasteiger partial charge in [-0.25, -0.2) is 0 Å². The van der Waals surface area contributed by atoms with E-state index in [0.717, 1.165) is 44.2 Å². The lowest BCUT2D eigenvalue weighted by atomic mass is 9.90. The molecule has 0 aliphatic rings. The largest absolute Gasteiger partial charge is 0.309 e. The van der Waals surface area contributed by atoms with Gasteiger partial charge in [0.1, 0.15) is 0 Å². The van der Waals surface area contributed by atoms with Crippen LogP contribution in [0, 0.1) is 16.7 Å². The number of amides is 1. The lowest BCUT2D eigenvalue weighted by Crippen LogP contribution is -2.42. The average molecular weight is 343 g/mol. The molecule has 0 spiro atoms. The molecule has 1 aromatic carbocycles. The molecule has 0 radical (unpaired) electrons. The lowest BCUT2D eigenvalue weighted by Gasteiger charge is -2.34. The van der Waals surface area contributed by atoms with Gasteiger partial charge in [0.05, 0.1) is 11.6 Å². The number of rotatable bonds is 9. The first-order valence-corrected chi connectivity index (χ1v) is 9.64. The van der Waals surface area contributed by atoms with E-state index in [1.54, 1.807) is 6.07 Å². The van der Waals surface area contributed by atoms with E-state index < -0.39 is 0 Å². The Morgan fingerprint density at radius 1 is 1.16 bits per heavy atom. The molecule has 0 bridgehead atoms. The summed E-state index contributed by atoms with van der Waals surface area (Å²) in [7, 11) is 0. The van der Waals surface area contributed by atoms with Crippen LogP contribution in [0.15, 0.2) is 24.3 Å². The number of hydrogen-bond acceptors (Lipinski definition) is 2. The standard InChI is InChI=1S/C22H34N2O/c1-6-8-12-19(13-9-7-2)24(21(25)16-22(3,4)5)20-14-10-11-18(15-20)17-23/h10-11,14-15,19H,6-9,12-13,16H2,1-5H3. The van der Waals surface area contributed by atoms with Crippen LogP contribution in [0.25, 0.3) is 0 Å². The number of carbonyl (C=O) groups is 1. The number of hydrogen-bond donors (Lipinski definition) is 0. The second kappa shape index (κ2) is 10.2. The van der Waals surface area contributed by atoms with Crippen molar-refractivity contribution >= 4 is 11.6 Å². The minimum Gasteiger partial charge on any atom is -0.309 e. The highest BCUT2D eigenvalue weighted by Gasteiger charge is 2.28. The van der Waals surface area contributed by atoms with Crippen LogP contribution in [-0.2, 0) is 4.79 Å². The Labute approximate surface area is 154 Å². The highest BCUT2D eigenvalue weighted by molar-refractivity contribution is 5.94. The summed E-state index contributed by atoms with van der Waals surface area (Å²) in [5, 5.41) is 9.24. The summed E-state index contributed by atoms with van der Waals surface area (Å²) in [5.74, 6) is 0.166. The summed E-state index contributed by atoms with van der Waals surface area (Å²) in [6.45, 7) is 10.7. The maximum absolute atomic E-state index is 13.2. The molecule has 3 nitrogen and oxygen atoms in total. The fraction of sp³-hybridized carbons (Fsp3) is 0.636. The van der Waals surface area contributed by atoms with Crippen molar-refractivity contribution in [2.45, 2.75) is 85.6 Å². The average Bonchev–Trinajstić information content (AvgIpc) is 2.55. The smallest absolute Gasteiger partial charge is 0.227 e. The molecule has 0 N–H and O–H groups in total. The predicted octanol–water partition coefficient (Wildman–Crippen LogP) is 6.08. The summed E-state index contributed by atoms with van der Waals surface area (Å²) in [6.07, 6.45) is 7.03. The van der Waals surface area contributed by atoms with Crippen molar-refractivity contribution in [3.8, 4) is 6.07 Å². The molecule has 0 fully saturated rings. The first kappa shape index (κ1) is 21.2. The van der Waals surface area contributed by atoms with Crippen LogP contribution in [0.4, 0.5) is 5.69 Å². The van der Waals surface area contributed by atoms with Gasteiger partial charge in [-0.3, -0.25) is 4.79 Å². The Hall–Kier alpha value is -1.82. The lowest BCUT2D eigenvalue weighted by molar-refractivity contribution is -0.120. The topological polar surface area (TPSA) is 44.1 Å². The van der Waals surface area contributed by atoms with Gasteiger partial charge in [-0.2, -0.15) is 5.26 Å². The van der Waals surface area contributed by atoms with Crippen LogP contribution in [0.1, 0.15) is 85.1 Å². The van der Waals surface area contributed by atoms with Gasteiger partial charge in [-0.05, 0) is 36.5 Å². The van der Waals surface area contributed by atoms with E-state index in [-0.39, 0.29) is 17.4 Å². The Bertz CT molecular complexity index is 572. The molecular formula is C22H34N2O. The molecule has 0 aliphatic carbocycles. The zero-order valence-corrected chi connectivity index (χ0v) is 16.6. The fourth-order valence-corrected chi connectivity index (χ4v) is 3.10. The quantitative estimate of drug-likeness (QED) is 0.546. The van der Waals surface area contributed by atoms with Crippen LogP contribution in [-0.4, -0.2) is 11.9 Å². The van der Waals surface area contributed by atoms with Gasteiger partial charge in [0.2, 0.25) is 5.91 Å². The predicted molar refractivity (Wildman–Crippen MR) is 106 cm³/mol. The van der Waals surface area contributed by atoms with E-state index in [2.05, 4.69) is 40.7 Å². The van der Waals surface area contributed by atoms with Crippen LogP contribution in [0.5, 0.6) is 0 Å². The van der Waals surface area contributed by atoms with E-state index in [0.29, 0.717) is 12.0 Å². The Morgan fingerprint density at radius 2 is 1.76 bits per heavy atom. The fourth-order valence-electron chi connectivity index (χ4n) is 3.10. The first-order chi connectivity index (χ1) is 11.8. The number of nitrogens with zero attached hydrogens (tertiary/aromatic N) is 2. The summed E-state index contributed by atoms with van der Waals surface area (Å²) >= 11 is 0. The zero-order chi connectivity index (χ0) is 18.9. The monoisotopic (exact) mass is 342 g/mol. The van der Waals surface area contributed by atoms with Crippen LogP contribution < -0.4 is 4.90 Å². The van der Waals surface area contributed by atoms with Crippen molar-refractivity contribution in [1.82, 2.24) is 0 Å². The molecule has 138 valence electrons. The maximum Gasteiger partial charge on any atom is 0.227 e. The van der Waals surface area contributed by atoms with E-state index in [4.69, 9.17) is 0 Å². The zero-order valence-electron chi connectivity index (χ0n) is 16.6. The summed E-state index contributed by atoms with van der Waals surface area (Å²) in [6, 6.07) is 9.90. The van der Waals surface area contributed by atoms with Crippen molar-refractivity contribution in [1.29, 1.82) is 5.26 Å². The maximum atomic E-state index is 13.2. The van der Waals surface area contributed by atoms with E-state index in [1.165, 1.54) is 0 Å². The first-order valence-electron chi connectivity index (χ1n) is 9.64. The van der Waals surface area contributed by atoms with Gasteiger partial charge in [0, 0.05) is 18.2 Å². The number of nitriles is 1. The second-order valence-corrected chi connectivity index (χ2v) is 8.10. The van der Waals surface area contributed by atoms with Crippen molar-refractivity contribution in [3.63, 3.8) is 0 Å². The van der Waals surface area contributed by atoms with Gasteiger partial charge >= 0.3 is 0 Å². The third-order valence-electron chi connectivity index (χ3n) is 4.35. The number of carbonyl (C=O) groups excluding carboxylic acids is 1. The van der Waals surface area contributed by atoms with Gasteiger partial charge in [-0.15, -0.1) is 0 Å². The van der Waals surface area contributed by atoms with Crippen LogP contribution in [0.2, 0.25) is 0 Å². The van der Waals surface area contributed by atoms with Crippen molar-refractivity contribution in [2.24, 2.45) is 5.41 Å². The second-order valence-electron chi connectivity index (χ2n) is 8.10. The van der Waals surface area contributed by atoms with Crippen molar-refractivity contribution < 1.29 is 4.79 Å². The SMILES string of the molecule is CCCCC(CCCC)N(C(=O)CC(C)(C)C)c1cccc(C#N)c1. The Kier molecular flexibility index (Phi) is 8.69. The highest BCUT2D eigenvalue weighted by Crippen LogP contribution is 2.28. The minimum atomic E-state index is -0.0533. The summed E-state index contributed by atoms with van der Waals surface area (Å²) in [4.78, 5) is 15.2. The van der Waals surface area contributed by atoms with Gasteiger partial charge in [-0.1, -0.05) is 66.4 Å². The third-order valence-corrected chi connectivity index (χ3v) is 4.35. The number of unbranched alkanes of at least 4 members (excludes halogenated alkanes) is 2. The number of benzene rings is 1. The summed E-state index contributed by atoms with van der Waals surface area (Å²) in [5.41, 5.74) is 1.42. The van der Waals surface area contributed by atoms with Crippen LogP contribution in [0.3, 0.4) is 0 Å². The molecule has 0 atom stereocenters. The number of anilines is 1. The molecule has 0 aromatic heterocycles. The minimum absolute atomic E-state index is 0.0533. The third kappa shape index (κ3) is 7.30. The Balaban J connectivity index is 3.22. The summed E-state index contributed by atoms with van der Waals surface area (Å²) < 4.78 is 0. The molecule has 3 heteroatoms. The molecule has 0 heterocycles. The molecular weight excluding hydrogens is 308 g/mol. The highest BCUT2D eigenvalue weighted by atomic mass is 16.2. The van der Waals surface area contributed by atoms with E-state index >= 15 is 0 Å². The molecule has 1 aromatic rings. The van der Waals surface area contributed by atoms with Gasteiger partial charge in [0.15, 0.2) is 0 Å². The Morgan fingerprint density at radius 3 is 2.24 bits per heavy atom. The molecule has 25 heavy (non-hydrogen) atoms. The van der Waals surface area contributed by atoms with Gasteiger partial charge < -0.3 is 4.90 Å². The molecule has 0 unspecified atom stereocenters. The normalized spacial score (nSPS) is 11.4.